The molecular formula is C23H22F5N3O3. The molecule has 0 amide bonds. The highest BCUT2D eigenvalue weighted by Crippen LogP contribution is 2.42. The van der Waals surface area contributed by atoms with Crippen LogP contribution in [0.4, 0.5) is 22.0 Å². The number of carbonyl (C=O) groups is 1. The molecule has 6 nitrogen and oxygen atoms in total. The van der Waals surface area contributed by atoms with Crippen molar-refractivity contribution in [1.29, 1.82) is 0 Å². The highest BCUT2D eigenvalue weighted by Gasteiger charge is 2.55. The lowest BCUT2D eigenvalue weighted by Crippen LogP contribution is -2.35. The summed E-state index contributed by atoms with van der Waals surface area (Å²) in [6, 6.07) is 5.51. The Balaban J connectivity index is 1.84. The molecule has 0 unspecified atom stereocenters. The SMILES string of the molecule is Cc1cc(OCC(C)(C)C(=O)O)ncc1-c1ccc(-c2ncc(C(F)(F)C(C)(F)F)[nH]2)c(F)c1. The number of hydrogen-bond acceptors (Lipinski definition) is 4. The van der Waals surface area contributed by atoms with E-state index in [1.807, 2.05) is 0 Å². The van der Waals surface area contributed by atoms with E-state index in [4.69, 9.17) is 9.84 Å². The molecule has 3 aromatic rings. The predicted octanol–water partition coefficient (Wildman–Crippen LogP) is 5.82. The molecule has 34 heavy (non-hydrogen) atoms. The number of alkyl halides is 4. The molecule has 0 atom stereocenters. The number of H-pyrrole nitrogens is 1. The number of nitrogens with zero attached hydrogens (tertiary/aromatic N) is 2. The first-order chi connectivity index (χ1) is 15.6. The van der Waals surface area contributed by atoms with Gasteiger partial charge in [0.25, 0.3) is 0 Å². The molecule has 0 aliphatic carbocycles. The number of halogens is 5. The number of imidazole rings is 1. The highest BCUT2D eigenvalue weighted by atomic mass is 19.3. The summed E-state index contributed by atoms with van der Waals surface area (Å²) in [7, 11) is 0. The molecule has 2 aromatic heterocycles. The number of aromatic amines is 1. The minimum absolute atomic E-state index is 0.0859. The second-order valence-corrected chi connectivity index (χ2v) is 8.62. The fourth-order valence-electron chi connectivity index (χ4n) is 2.96. The van der Waals surface area contributed by atoms with Crippen LogP contribution in [0.25, 0.3) is 22.5 Å². The topological polar surface area (TPSA) is 88.1 Å². The Hall–Kier alpha value is -3.50. The average Bonchev–Trinajstić information content (AvgIpc) is 3.22. The van der Waals surface area contributed by atoms with Crippen LogP contribution in [0, 0.1) is 18.2 Å². The van der Waals surface area contributed by atoms with Crippen LogP contribution >= 0.6 is 0 Å². The van der Waals surface area contributed by atoms with Gasteiger partial charge in [0.05, 0.1) is 17.2 Å². The summed E-state index contributed by atoms with van der Waals surface area (Å²) in [5.41, 5.74) is -0.786. The smallest absolute Gasteiger partial charge is 0.350 e. The van der Waals surface area contributed by atoms with E-state index in [-0.39, 0.29) is 30.8 Å². The number of aliphatic carboxylic acids is 1. The van der Waals surface area contributed by atoms with Crippen molar-refractivity contribution in [2.24, 2.45) is 5.41 Å². The Kier molecular flexibility index (Phi) is 6.43. The van der Waals surface area contributed by atoms with E-state index in [0.29, 0.717) is 22.9 Å². The molecule has 0 radical (unpaired) electrons. The van der Waals surface area contributed by atoms with Gasteiger partial charge in [0, 0.05) is 24.8 Å². The van der Waals surface area contributed by atoms with Crippen molar-refractivity contribution in [3.63, 3.8) is 0 Å². The van der Waals surface area contributed by atoms with E-state index in [1.165, 1.54) is 32.2 Å². The highest BCUT2D eigenvalue weighted by molar-refractivity contribution is 5.74. The van der Waals surface area contributed by atoms with Crippen LogP contribution in [0.1, 0.15) is 32.0 Å². The molecule has 0 bridgehead atoms. The van der Waals surface area contributed by atoms with E-state index >= 15 is 0 Å². The van der Waals surface area contributed by atoms with Crippen molar-refractivity contribution in [3.8, 4) is 28.4 Å². The van der Waals surface area contributed by atoms with Crippen molar-refractivity contribution >= 4 is 5.97 Å². The summed E-state index contributed by atoms with van der Waals surface area (Å²) in [5, 5.41) is 9.16. The molecule has 2 heterocycles. The van der Waals surface area contributed by atoms with Crippen molar-refractivity contribution in [1.82, 2.24) is 15.0 Å². The minimum atomic E-state index is -4.50. The Morgan fingerprint density at radius 2 is 1.74 bits per heavy atom. The van der Waals surface area contributed by atoms with Gasteiger partial charge in [-0.3, -0.25) is 4.79 Å². The number of aryl methyl sites for hydroxylation is 1. The number of hydrogen-bond donors (Lipinski definition) is 2. The standard InChI is InChI=1S/C23H22F5N3O3/c1-12-7-18(34-11-21(2,3)20(32)33)29-9-15(12)13-5-6-14(16(24)8-13)19-30-10-17(31-19)23(27,28)22(4,25)26/h5-10H,11H2,1-4H3,(H,30,31)(H,32,33). The Morgan fingerprint density at radius 3 is 2.29 bits per heavy atom. The maximum Gasteiger partial charge on any atom is 0.350 e. The normalized spacial score (nSPS) is 12.6. The van der Waals surface area contributed by atoms with Gasteiger partial charge in [-0.25, -0.2) is 14.4 Å². The number of rotatable bonds is 8. The van der Waals surface area contributed by atoms with Crippen molar-refractivity contribution in [2.75, 3.05) is 6.61 Å². The number of carboxylic acid groups (broad SMARTS) is 1. The van der Waals surface area contributed by atoms with Gasteiger partial charge < -0.3 is 14.8 Å². The third-order valence-corrected chi connectivity index (χ3v) is 5.25. The van der Waals surface area contributed by atoms with Crippen molar-refractivity contribution in [3.05, 3.63) is 53.7 Å². The summed E-state index contributed by atoms with van der Waals surface area (Å²) in [6.45, 7) is 4.73. The predicted molar refractivity (Wildman–Crippen MR) is 113 cm³/mol. The van der Waals surface area contributed by atoms with Gasteiger partial charge in [-0.2, -0.15) is 17.6 Å². The van der Waals surface area contributed by atoms with Crippen LogP contribution in [-0.4, -0.2) is 38.6 Å². The molecule has 0 aliphatic rings. The van der Waals surface area contributed by atoms with Gasteiger partial charge in [0.2, 0.25) is 5.88 Å². The Labute approximate surface area is 191 Å². The van der Waals surface area contributed by atoms with Gasteiger partial charge in [-0.1, -0.05) is 6.07 Å². The molecule has 0 spiro atoms. The summed E-state index contributed by atoms with van der Waals surface area (Å²) in [4.78, 5) is 21.0. The zero-order chi connectivity index (χ0) is 25.5. The third kappa shape index (κ3) is 4.87. The monoisotopic (exact) mass is 483 g/mol. The first-order valence-corrected chi connectivity index (χ1v) is 10.1. The zero-order valence-corrected chi connectivity index (χ0v) is 18.7. The number of ether oxygens (including phenoxy) is 1. The van der Waals surface area contributed by atoms with Crippen LogP contribution in [0.3, 0.4) is 0 Å². The first kappa shape index (κ1) is 25.1. The Bertz CT molecular complexity index is 1220. The number of aromatic nitrogens is 3. The van der Waals surface area contributed by atoms with E-state index in [0.717, 1.165) is 6.07 Å². The molecule has 0 saturated carbocycles. The lowest BCUT2D eigenvalue weighted by molar-refractivity contribution is -0.206. The van der Waals surface area contributed by atoms with E-state index in [1.54, 1.807) is 13.0 Å². The van der Waals surface area contributed by atoms with Gasteiger partial charge in [-0.05, 0) is 44.0 Å². The lowest BCUT2D eigenvalue weighted by atomic mass is 9.95. The number of carboxylic acids is 1. The average molecular weight is 483 g/mol. The van der Waals surface area contributed by atoms with Crippen molar-refractivity contribution in [2.45, 2.75) is 39.5 Å². The summed E-state index contributed by atoms with van der Waals surface area (Å²) >= 11 is 0. The van der Waals surface area contributed by atoms with Crippen LogP contribution in [-0.2, 0) is 10.7 Å². The summed E-state index contributed by atoms with van der Waals surface area (Å²) in [5.74, 6) is -10.8. The quantitative estimate of drug-likeness (QED) is 0.394. The largest absolute Gasteiger partial charge is 0.481 e. The van der Waals surface area contributed by atoms with E-state index < -0.39 is 34.7 Å². The fraction of sp³-hybridized carbons (Fsp3) is 0.348. The molecule has 11 heteroatoms. The number of nitrogens with one attached hydrogen (secondary N) is 1. The molecule has 3 rings (SSSR count). The van der Waals surface area contributed by atoms with Gasteiger partial charge in [0.15, 0.2) is 0 Å². The van der Waals surface area contributed by atoms with Crippen LogP contribution in [0.5, 0.6) is 5.88 Å². The second-order valence-electron chi connectivity index (χ2n) is 8.62. The van der Waals surface area contributed by atoms with Gasteiger partial charge >= 0.3 is 17.8 Å². The van der Waals surface area contributed by atoms with Crippen LogP contribution in [0.15, 0.2) is 36.7 Å². The second kappa shape index (κ2) is 8.69. The Morgan fingerprint density at radius 1 is 1.06 bits per heavy atom. The third-order valence-electron chi connectivity index (χ3n) is 5.25. The molecule has 182 valence electrons. The number of benzene rings is 1. The van der Waals surface area contributed by atoms with E-state index in [2.05, 4.69) is 15.0 Å². The van der Waals surface area contributed by atoms with E-state index in [9.17, 15) is 26.7 Å². The zero-order valence-electron chi connectivity index (χ0n) is 18.7. The number of pyridine rings is 1. The molecule has 0 saturated heterocycles. The molecule has 2 N–H and O–H groups in total. The molecule has 1 aromatic carbocycles. The maximum atomic E-state index is 14.8. The molecule has 0 fully saturated rings. The van der Waals surface area contributed by atoms with Crippen LogP contribution in [0.2, 0.25) is 0 Å². The summed E-state index contributed by atoms with van der Waals surface area (Å²) in [6.07, 6.45) is 1.99. The van der Waals surface area contributed by atoms with Gasteiger partial charge in [0.1, 0.15) is 23.9 Å². The van der Waals surface area contributed by atoms with Gasteiger partial charge in [-0.15, -0.1) is 0 Å². The maximum absolute atomic E-state index is 14.8. The summed E-state index contributed by atoms with van der Waals surface area (Å²) < 4.78 is 74.4. The first-order valence-electron chi connectivity index (χ1n) is 10.1. The molecule has 0 aliphatic heterocycles. The molecular weight excluding hydrogens is 461 g/mol. The fourth-order valence-corrected chi connectivity index (χ4v) is 2.96. The van der Waals surface area contributed by atoms with Crippen molar-refractivity contribution < 1.29 is 36.6 Å². The lowest BCUT2D eigenvalue weighted by Gasteiger charge is -2.21. The van der Waals surface area contributed by atoms with Crippen LogP contribution < -0.4 is 4.74 Å². The minimum Gasteiger partial charge on any atom is -0.481 e.